The zero-order valence-electron chi connectivity index (χ0n) is 38.2. The molecule has 9 rings (SSSR count). The number of carbonyl (C=O) groups is 5. The number of phenols is 16. The third-order valence-electron chi connectivity index (χ3n) is 11.8. The van der Waals surface area contributed by atoms with E-state index in [1.54, 1.807) is 0 Å². The number of phenolic OH excluding ortho intramolecular Hbond substituents is 16. The van der Waals surface area contributed by atoms with E-state index < -0.39 is 226 Å². The van der Waals surface area contributed by atoms with Gasteiger partial charge in [0, 0.05) is 16.8 Å². The molecule has 2 bridgehead atoms. The molecule has 30 nitrogen and oxygen atoms in total. The van der Waals surface area contributed by atoms with E-state index in [0.717, 1.165) is 0 Å². The van der Waals surface area contributed by atoms with Crippen LogP contribution in [0.4, 0.5) is 0 Å². The van der Waals surface area contributed by atoms with E-state index in [4.69, 9.17) is 37.6 Å². The fraction of sp³-hybridized carbons (Fsp3) is 0.125. The molecule has 2 aliphatic heterocycles. The monoisotopic (exact) mass is 1090 g/mol. The van der Waals surface area contributed by atoms with Crippen molar-refractivity contribution in [3.05, 3.63) is 92.8 Å². The van der Waals surface area contributed by atoms with Crippen LogP contribution in [-0.2, 0) is 28.4 Å². The molecule has 404 valence electrons. The summed E-state index contributed by atoms with van der Waals surface area (Å²) >= 11 is 0. The molecule has 5 unspecified atom stereocenters. The smallest absolute Gasteiger partial charge is 0.344 e. The van der Waals surface area contributed by atoms with Crippen molar-refractivity contribution in [2.75, 3.05) is 6.61 Å². The molecular formula is C48H32O30. The number of carbonyl (C=O) groups excluding carboxylic acids is 5. The first-order valence-electron chi connectivity index (χ1n) is 21.5. The van der Waals surface area contributed by atoms with Gasteiger partial charge in [-0.25, -0.2) is 28.8 Å². The Bertz CT molecular complexity index is 3770. The Morgan fingerprint density at radius 2 is 0.910 bits per heavy atom. The van der Waals surface area contributed by atoms with Gasteiger partial charge in [0.2, 0.25) is 35.4 Å². The zero-order valence-corrected chi connectivity index (χ0v) is 38.2. The summed E-state index contributed by atoms with van der Waals surface area (Å²) in [6.45, 7) is -1.44. The molecule has 0 spiro atoms. The summed E-state index contributed by atoms with van der Waals surface area (Å²) in [5, 5.41) is 166. The predicted octanol–water partition coefficient (Wildman–Crippen LogP) is 2.76. The lowest BCUT2D eigenvalue weighted by Gasteiger charge is -2.44. The van der Waals surface area contributed by atoms with Crippen molar-refractivity contribution in [3.63, 3.8) is 0 Å². The normalized spacial score (nSPS) is 18.1. The molecule has 78 heavy (non-hydrogen) atoms. The SMILES string of the molecule is O=C(OC1OC2COC(=O)c3cc(O)c(O)c(O)c3Oc3c(O)cc4c(=O)oc5c(O)c(O)cc(c5c4c3O)C(=O)OC2C(OC(=O)c2cc(O)c(O)c(O)c2)C1OC(=O)c1cc(O)c(O)c(O)c1)c1cc(O)c(O)c(O)c1. The Labute approximate surface area is 427 Å². The van der Waals surface area contributed by atoms with Crippen LogP contribution in [0.2, 0.25) is 0 Å². The quantitative estimate of drug-likeness (QED) is 0.0374. The van der Waals surface area contributed by atoms with E-state index >= 15 is 0 Å². The maximum Gasteiger partial charge on any atom is 0.344 e. The van der Waals surface area contributed by atoms with Gasteiger partial charge in [-0.3, -0.25) is 0 Å². The maximum atomic E-state index is 14.9. The summed E-state index contributed by atoms with van der Waals surface area (Å²) in [4.78, 5) is 84.8. The summed E-state index contributed by atoms with van der Waals surface area (Å²) in [5.41, 5.74) is -7.44. The first kappa shape index (κ1) is 51.6. The van der Waals surface area contributed by atoms with Crippen molar-refractivity contribution in [3.8, 4) is 103 Å². The largest absolute Gasteiger partial charge is 0.504 e. The topological polar surface area (TPSA) is 504 Å². The maximum absolute atomic E-state index is 14.9. The van der Waals surface area contributed by atoms with Gasteiger partial charge < -0.3 is 119 Å². The van der Waals surface area contributed by atoms with Gasteiger partial charge in [0.1, 0.15) is 18.3 Å². The second kappa shape index (κ2) is 18.9. The molecule has 7 aromatic rings. The highest BCUT2D eigenvalue weighted by atomic mass is 16.7. The lowest BCUT2D eigenvalue weighted by molar-refractivity contribution is -0.282. The summed E-state index contributed by atoms with van der Waals surface area (Å²) in [6.07, 6.45) is -13.0. The van der Waals surface area contributed by atoms with E-state index in [1.807, 2.05) is 0 Å². The molecule has 16 N–H and O–H groups in total. The van der Waals surface area contributed by atoms with Gasteiger partial charge in [-0.1, -0.05) is 0 Å². The Morgan fingerprint density at radius 3 is 1.44 bits per heavy atom. The number of fused-ring (bicyclic) bond motifs is 3. The Balaban J connectivity index is 1.31. The molecule has 1 saturated heterocycles. The van der Waals surface area contributed by atoms with E-state index in [-0.39, 0.29) is 0 Å². The molecule has 5 atom stereocenters. The van der Waals surface area contributed by atoms with Crippen LogP contribution in [0.25, 0.3) is 21.7 Å². The van der Waals surface area contributed by atoms with Gasteiger partial charge >= 0.3 is 35.5 Å². The molecule has 1 fully saturated rings. The molecule has 30 heteroatoms. The van der Waals surface area contributed by atoms with Gasteiger partial charge in [-0.2, -0.15) is 0 Å². The standard InChI is InChI=1S/C48H32O30/c49-17-1-11(2-18(50)29(17)58)42(65)76-40-38-26(72-48(78-44(67)13-5-21(53)31(60)22(54)6-13)41(40)77-43(66)12-3-19(51)30(59)20(52)4-12)10-71-45(68)16-9-23(55)32(61)35(64)36(16)73-37-25(57)8-14-27(34(37)63)28-15(47(70)74-38)7-24(56)33(62)39(28)75-46(14)69/h1-9,26,38,40-41,48-64H,10H2. The first-order valence-corrected chi connectivity index (χ1v) is 21.5. The van der Waals surface area contributed by atoms with Crippen LogP contribution in [-0.4, -0.2) is 149 Å². The van der Waals surface area contributed by atoms with Crippen LogP contribution in [0.3, 0.4) is 0 Å². The van der Waals surface area contributed by atoms with E-state index in [1.165, 1.54) is 0 Å². The number of benzene rings is 6. The van der Waals surface area contributed by atoms with Gasteiger partial charge in [0.05, 0.1) is 27.6 Å². The fourth-order valence-electron chi connectivity index (χ4n) is 8.08. The van der Waals surface area contributed by atoms with Crippen LogP contribution in [0.15, 0.2) is 63.8 Å². The predicted molar refractivity (Wildman–Crippen MR) is 244 cm³/mol. The number of rotatable bonds is 6. The lowest BCUT2D eigenvalue weighted by Crippen LogP contribution is -2.63. The molecule has 0 aliphatic carbocycles. The van der Waals surface area contributed by atoms with Crippen LogP contribution in [0, 0.1) is 0 Å². The molecule has 3 heterocycles. The van der Waals surface area contributed by atoms with Crippen LogP contribution in [0.1, 0.15) is 51.8 Å². The van der Waals surface area contributed by atoms with Gasteiger partial charge in [0.15, 0.2) is 98.3 Å². The van der Waals surface area contributed by atoms with Crippen molar-refractivity contribution in [2.24, 2.45) is 0 Å². The Hall–Kier alpha value is -11.3. The van der Waals surface area contributed by atoms with E-state index in [0.29, 0.717) is 54.6 Å². The third kappa shape index (κ3) is 8.70. The second-order valence-electron chi connectivity index (χ2n) is 16.7. The summed E-state index contributed by atoms with van der Waals surface area (Å²) in [7, 11) is 0. The average Bonchev–Trinajstić information content (AvgIpc) is 3.43. The van der Waals surface area contributed by atoms with Gasteiger partial charge in [-0.15, -0.1) is 0 Å². The number of aromatic hydroxyl groups is 16. The van der Waals surface area contributed by atoms with Crippen LogP contribution in [0.5, 0.6) is 103 Å². The average molecular weight is 1090 g/mol. The highest BCUT2D eigenvalue weighted by Crippen LogP contribution is 2.53. The summed E-state index contributed by atoms with van der Waals surface area (Å²) in [5.74, 6) is -31.0. The van der Waals surface area contributed by atoms with Crippen molar-refractivity contribution >= 4 is 51.6 Å². The highest BCUT2D eigenvalue weighted by molar-refractivity contribution is 6.19. The summed E-state index contributed by atoms with van der Waals surface area (Å²) < 4.78 is 44.8. The minimum absolute atomic E-state index is 0.399. The number of ether oxygens (including phenoxy) is 7. The van der Waals surface area contributed by atoms with Crippen LogP contribution < -0.4 is 10.4 Å². The lowest BCUT2D eigenvalue weighted by atomic mass is 9.97. The van der Waals surface area contributed by atoms with Crippen molar-refractivity contribution in [1.82, 2.24) is 0 Å². The molecule has 2 aliphatic rings. The number of esters is 5. The number of hydrogen-bond donors (Lipinski definition) is 16. The van der Waals surface area contributed by atoms with Crippen LogP contribution >= 0.6 is 0 Å². The number of cyclic esters (lactones) is 1. The highest BCUT2D eigenvalue weighted by Gasteiger charge is 2.55. The zero-order chi connectivity index (χ0) is 56.7. The first-order chi connectivity index (χ1) is 36.7. The molecule has 6 aromatic carbocycles. The molecular weight excluding hydrogens is 1060 g/mol. The molecule has 0 radical (unpaired) electrons. The molecule has 1 aromatic heterocycles. The van der Waals surface area contributed by atoms with Crippen molar-refractivity contribution in [2.45, 2.75) is 30.7 Å². The van der Waals surface area contributed by atoms with Crippen molar-refractivity contribution < 1.29 is 143 Å². The van der Waals surface area contributed by atoms with Gasteiger partial charge in [-0.05, 0) is 48.5 Å². The summed E-state index contributed by atoms with van der Waals surface area (Å²) in [6, 6.07) is 4.40. The Kier molecular flexibility index (Phi) is 12.5. The van der Waals surface area contributed by atoms with Crippen molar-refractivity contribution in [1.29, 1.82) is 0 Å². The minimum atomic E-state index is -2.69. The van der Waals surface area contributed by atoms with Gasteiger partial charge in [0.25, 0.3) is 0 Å². The van der Waals surface area contributed by atoms with E-state index in [9.17, 15) is 110 Å². The minimum Gasteiger partial charge on any atom is -0.504 e. The molecule has 0 amide bonds. The third-order valence-corrected chi connectivity index (χ3v) is 11.8. The fourth-order valence-corrected chi connectivity index (χ4v) is 8.08. The molecule has 0 saturated carbocycles. The van der Waals surface area contributed by atoms with E-state index in [2.05, 4.69) is 0 Å². The number of hydrogen-bond acceptors (Lipinski definition) is 30. The Morgan fingerprint density at radius 1 is 0.449 bits per heavy atom. The second-order valence-corrected chi connectivity index (χ2v) is 16.7.